The molecule has 2 aromatic heterocycles. The quantitative estimate of drug-likeness (QED) is 0.775. The molecule has 1 aromatic carbocycles. The van der Waals surface area contributed by atoms with E-state index in [9.17, 15) is 4.79 Å². The number of para-hydroxylation sites is 1. The van der Waals surface area contributed by atoms with Crippen LogP contribution in [0.5, 0.6) is 0 Å². The number of nitrogens with one attached hydrogen (secondary N) is 1. The normalized spacial score (nSPS) is 15.5. The molecule has 136 valence electrons. The molecule has 0 aliphatic carbocycles. The van der Waals surface area contributed by atoms with Crippen molar-refractivity contribution in [2.45, 2.75) is 32.9 Å². The van der Waals surface area contributed by atoms with Gasteiger partial charge in [0.15, 0.2) is 0 Å². The van der Waals surface area contributed by atoms with E-state index in [1.807, 2.05) is 37.3 Å². The van der Waals surface area contributed by atoms with Gasteiger partial charge in [-0.2, -0.15) is 0 Å². The molecule has 0 radical (unpaired) electrons. The number of aromatic nitrogens is 3. The average Bonchev–Trinajstić information content (AvgIpc) is 3.02. The smallest absolute Gasteiger partial charge is 0.270 e. The number of carbonyl (C=O) groups is 1. The highest BCUT2D eigenvalue weighted by molar-refractivity contribution is 5.92. The first-order chi connectivity index (χ1) is 13.1. The zero-order valence-corrected chi connectivity index (χ0v) is 15.4. The molecule has 3 aromatic rings. The van der Waals surface area contributed by atoms with E-state index in [-0.39, 0.29) is 11.9 Å². The standard InChI is InChI=1S/C21H21N5O/c1-14-11-18(20(27)23-13-17-8-5-6-10-22-17)25-21(24-14)26-15(2)12-16-7-3-4-9-19(16)26/h3-11,15H,12-13H2,1-2H3,(H,23,27). The molecule has 3 heterocycles. The van der Waals surface area contributed by atoms with Crippen LogP contribution in [-0.4, -0.2) is 26.9 Å². The average molecular weight is 359 g/mol. The molecule has 1 amide bonds. The molecule has 0 saturated heterocycles. The van der Waals surface area contributed by atoms with E-state index >= 15 is 0 Å². The minimum absolute atomic E-state index is 0.229. The Kier molecular flexibility index (Phi) is 4.54. The fraction of sp³-hybridized carbons (Fsp3) is 0.238. The third kappa shape index (κ3) is 3.51. The second-order valence-electron chi connectivity index (χ2n) is 6.75. The van der Waals surface area contributed by atoms with Crippen LogP contribution < -0.4 is 10.2 Å². The predicted molar refractivity (Wildman–Crippen MR) is 104 cm³/mol. The summed E-state index contributed by atoms with van der Waals surface area (Å²) in [5, 5.41) is 2.88. The summed E-state index contributed by atoms with van der Waals surface area (Å²) in [7, 11) is 0. The molecule has 0 spiro atoms. The van der Waals surface area contributed by atoms with Crippen molar-refractivity contribution < 1.29 is 4.79 Å². The molecule has 6 nitrogen and oxygen atoms in total. The fourth-order valence-electron chi connectivity index (χ4n) is 3.41. The van der Waals surface area contributed by atoms with Crippen LogP contribution in [-0.2, 0) is 13.0 Å². The van der Waals surface area contributed by atoms with Gasteiger partial charge < -0.3 is 10.2 Å². The molecule has 1 N–H and O–H groups in total. The summed E-state index contributed by atoms with van der Waals surface area (Å²) in [5.41, 5.74) is 4.32. The molecule has 4 rings (SSSR count). The topological polar surface area (TPSA) is 71.0 Å². The summed E-state index contributed by atoms with van der Waals surface area (Å²) < 4.78 is 0. The summed E-state index contributed by atoms with van der Waals surface area (Å²) in [4.78, 5) is 28.1. The zero-order chi connectivity index (χ0) is 18.8. The molecule has 1 aliphatic rings. The molecule has 0 bridgehead atoms. The third-order valence-electron chi connectivity index (χ3n) is 4.65. The molecule has 0 saturated carbocycles. The Balaban J connectivity index is 1.59. The van der Waals surface area contributed by atoms with Crippen molar-refractivity contribution in [3.8, 4) is 0 Å². The van der Waals surface area contributed by atoms with Gasteiger partial charge in [0.25, 0.3) is 5.91 Å². The highest BCUT2D eigenvalue weighted by Crippen LogP contribution is 2.36. The van der Waals surface area contributed by atoms with Gasteiger partial charge in [0.1, 0.15) is 5.69 Å². The van der Waals surface area contributed by atoms with E-state index < -0.39 is 0 Å². The number of benzene rings is 1. The first-order valence-corrected chi connectivity index (χ1v) is 9.03. The van der Waals surface area contributed by atoms with E-state index in [4.69, 9.17) is 0 Å². The van der Waals surface area contributed by atoms with E-state index in [1.54, 1.807) is 12.3 Å². The van der Waals surface area contributed by atoms with Crippen LogP contribution >= 0.6 is 0 Å². The van der Waals surface area contributed by atoms with Crippen molar-refractivity contribution in [3.05, 3.63) is 77.4 Å². The molecule has 1 aliphatic heterocycles. The molecule has 1 unspecified atom stereocenters. The lowest BCUT2D eigenvalue weighted by Gasteiger charge is -2.23. The van der Waals surface area contributed by atoms with Crippen LogP contribution in [0, 0.1) is 6.92 Å². The molecule has 1 atom stereocenters. The number of pyridine rings is 1. The van der Waals surface area contributed by atoms with Gasteiger partial charge in [-0.1, -0.05) is 24.3 Å². The van der Waals surface area contributed by atoms with Crippen LogP contribution in [0.3, 0.4) is 0 Å². The van der Waals surface area contributed by atoms with Crippen LogP contribution in [0.25, 0.3) is 0 Å². The highest BCUT2D eigenvalue weighted by atomic mass is 16.1. The van der Waals surface area contributed by atoms with Gasteiger partial charge in [0.2, 0.25) is 5.95 Å². The lowest BCUT2D eigenvalue weighted by molar-refractivity contribution is 0.0945. The van der Waals surface area contributed by atoms with E-state index in [0.29, 0.717) is 18.2 Å². The van der Waals surface area contributed by atoms with Gasteiger partial charge in [0, 0.05) is 23.6 Å². The van der Waals surface area contributed by atoms with Crippen LogP contribution in [0.1, 0.15) is 34.4 Å². The van der Waals surface area contributed by atoms with E-state index in [2.05, 4.69) is 44.2 Å². The van der Waals surface area contributed by atoms with Gasteiger partial charge in [-0.15, -0.1) is 0 Å². The molecular weight excluding hydrogens is 338 g/mol. The fourth-order valence-corrected chi connectivity index (χ4v) is 3.41. The minimum atomic E-state index is -0.229. The molecular formula is C21H21N5O. The first-order valence-electron chi connectivity index (χ1n) is 9.03. The maximum atomic E-state index is 12.6. The number of aryl methyl sites for hydroxylation is 1. The first kappa shape index (κ1) is 17.1. The van der Waals surface area contributed by atoms with Gasteiger partial charge >= 0.3 is 0 Å². The third-order valence-corrected chi connectivity index (χ3v) is 4.65. The Morgan fingerprint density at radius 3 is 2.81 bits per heavy atom. The van der Waals surface area contributed by atoms with Crippen molar-refractivity contribution in [2.24, 2.45) is 0 Å². The number of nitrogens with zero attached hydrogens (tertiary/aromatic N) is 4. The van der Waals surface area contributed by atoms with Crippen molar-refractivity contribution in [1.29, 1.82) is 0 Å². The maximum Gasteiger partial charge on any atom is 0.270 e. The monoisotopic (exact) mass is 359 g/mol. The Morgan fingerprint density at radius 1 is 1.19 bits per heavy atom. The number of hydrogen-bond donors (Lipinski definition) is 1. The number of amides is 1. The van der Waals surface area contributed by atoms with Gasteiger partial charge in [0.05, 0.1) is 12.2 Å². The van der Waals surface area contributed by atoms with E-state index in [1.165, 1.54) is 5.56 Å². The minimum Gasteiger partial charge on any atom is -0.345 e. The van der Waals surface area contributed by atoms with E-state index in [0.717, 1.165) is 23.5 Å². The van der Waals surface area contributed by atoms with Gasteiger partial charge in [-0.05, 0) is 50.1 Å². The summed E-state index contributed by atoms with van der Waals surface area (Å²) >= 11 is 0. The summed E-state index contributed by atoms with van der Waals surface area (Å²) in [6.45, 7) is 4.39. The Hall–Kier alpha value is -3.28. The van der Waals surface area contributed by atoms with Crippen LogP contribution in [0.4, 0.5) is 11.6 Å². The zero-order valence-electron chi connectivity index (χ0n) is 15.4. The number of carbonyl (C=O) groups excluding carboxylic acids is 1. The van der Waals surface area contributed by atoms with Crippen LogP contribution in [0.15, 0.2) is 54.7 Å². The second kappa shape index (κ2) is 7.15. The van der Waals surface area contributed by atoms with Gasteiger partial charge in [-0.25, -0.2) is 9.97 Å². The van der Waals surface area contributed by atoms with Crippen molar-refractivity contribution in [2.75, 3.05) is 4.90 Å². The largest absolute Gasteiger partial charge is 0.345 e. The molecule has 27 heavy (non-hydrogen) atoms. The summed E-state index contributed by atoms with van der Waals surface area (Å²) in [6.07, 6.45) is 2.65. The van der Waals surface area contributed by atoms with Crippen molar-refractivity contribution >= 4 is 17.5 Å². The Labute approximate surface area is 158 Å². The van der Waals surface area contributed by atoms with Gasteiger partial charge in [-0.3, -0.25) is 9.78 Å². The Morgan fingerprint density at radius 2 is 2.00 bits per heavy atom. The maximum absolute atomic E-state index is 12.6. The van der Waals surface area contributed by atoms with Crippen LogP contribution in [0.2, 0.25) is 0 Å². The van der Waals surface area contributed by atoms with Crippen molar-refractivity contribution in [3.63, 3.8) is 0 Å². The number of hydrogen-bond acceptors (Lipinski definition) is 5. The second-order valence-corrected chi connectivity index (χ2v) is 6.75. The highest BCUT2D eigenvalue weighted by Gasteiger charge is 2.29. The molecule has 0 fully saturated rings. The summed E-state index contributed by atoms with van der Waals surface area (Å²) in [6, 6.07) is 15.8. The Bertz CT molecular complexity index is 973. The number of anilines is 2. The van der Waals surface area contributed by atoms with Crippen molar-refractivity contribution in [1.82, 2.24) is 20.3 Å². The number of fused-ring (bicyclic) bond motifs is 1. The summed E-state index contributed by atoms with van der Waals surface area (Å²) in [5.74, 6) is 0.336. The number of rotatable bonds is 4. The lowest BCUT2D eigenvalue weighted by Crippen LogP contribution is -2.29. The lowest BCUT2D eigenvalue weighted by atomic mass is 10.1. The molecule has 6 heteroatoms. The SMILES string of the molecule is Cc1cc(C(=O)NCc2ccccn2)nc(N2c3ccccc3CC2C)n1. The predicted octanol–water partition coefficient (Wildman–Crippen LogP) is 3.19.